The zero-order valence-corrected chi connectivity index (χ0v) is 70.9. The number of aromatic nitrogens is 14. The third kappa shape index (κ3) is 28.5. The summed E-state index contributed by atoms with van der Waals surface area (Å²) >= 11 is 35.4. The Morgan fingerprint density at radius 3 is 1.01 bits per heavy atom. The van der Waals surface area contributed by atoms with E-state index in [1.807, 2.05) is 208 Å². The molecular formula is C83H81Br2Cl5N18O7. The Kier molecular flexibility index (Phi) is 32.0. The van der Waals surface area contributed by atoms with Gasteiger partial charge in [0.2, 0.25) is 0 Å². The van der Waals surface area contributed by atoms with Crippen molar-refractivity contribution in [2.75, 3.05) is 21.7 Å². The fourth-order valence-electron chi connectivity index (χ4n) is 10.3. The number of hydrogen-bond donors (Lipinski definition) is 4. The second kappa shape index (κ2) is 41.8. The maximum absolute atomic E-state index is 12.6. The lowest BCUT2D eigenvalue weighted by molar-refractivity contribution is 0.0532. The number of nitrogens with zero attached hydrogens (tertiary/aromatic N) is 14. The quantitative estimate of drug-likeness (QED) is 0.0421. The monoisotopic (exact) mass is 1770 g/mol. The van der Waals surface area contributed by atoms with E-state index in [2.05, 4.69) is 104 Å². The van der Waals surface area contributed by atoms with Gasteiger partial charge in [0.1, 0.15) is 72.5 Å². The summed E-state index contributed by atoms with van der Waals surface area (Å²) in [5.74, 6) is 2.88. The number of nitrogens with two attached hydrogens (primary N) is 1. The highest BCUT2D eigenvalue weighted by Gasteiger charge is 2.25. The van der Waals surface area contributed by atoms with Gasteiger partial charge in [0.25, 0.3) is 0 Å². The van der Waals surface area contributed by atoms with Gasteiger partial charge in [0, 0.05) is 117 Å². The Morgan fingerprint density at radius 2 is 0.722 bits per heavy atom. The molecule has 4 aromatic carbocycles. The number of ether oxygens (including phenoxy) is 3. The molecule has 115 heavy (non-hydrogen) atoms. The molecule has 0 unspecified atom stereocenters. The van der Waals surface area contributed by atoms with Crippen molar-refractivity contribution in [3.8, 4) is 0 Å². The number of hydrogen-bond acceptors (Lipinski definition) is 22. The molecule has 25 nitrogen and oxygen atoms in total. The van der Waals surface area contributed by atoms with E-state index in [1.54, 1.807) is 73.6 Å². The van der Waals surface area contributed by atoms with E-state index in [-0.39, 0.29) is 0 Å². The normalized spacial score (nSPS) is 11.0. The fraction of sp³-hybridized carbons (Fsp3) is 0.217. The molecule has 10 heterocycles. The predicted octanol–water partition coefficient (Wildman–Crippen LogP) is 21.0. The summed E-state index contributed by atoms with van der Waals surface area (Å²) in [7, 11) is 0. The second-order valence-corrected chi connectivity index (χ2v) is 31.7. The lowest BCUT2D eigenvalue weighted by Gasteiger charge is -2.19. The largest absolute Gasteiger partial charge is 0.443 e. The zero-order chi connectivity index (χ0) is 82.8. The topological polar surface area (TPSA) is 315 Å². The number of aldehydes is 1. The summed E-state index contributed by atoms with van der Waals surface area (Å²) in [5, 5.41) is 47.4. The van der Waals surface area contributed by atoms with E-state index in [1.165, 1.54) is 13.7 Å². The minimum Gasteiger partial charge on any atom is -0.443 e. The molecule has 10 aromatic heterocycles. The first-order chi connectivity index (χ1) is 54.8. The van der Waals surface area contributed by atoms with Gasteiger partial charge < -0.3 is 35.9 Å². The van der Waals surface area contributed by atoms with Crippen LogP contribution in [-0.4, -0.2) is 111 Å². The number of anilines is 4. The molecule has 0 aliphatic carbocycles. The summed E-state index contributed by atoms with van der Waals surface area (Å²) in [4.78, 5) is 60.4. The molecule has 0 amide bonds. The number of benzene rings is 4. The van der Waals surface area contributed by atoms with Crippen LogP contribution < -0.4 is 21.7 Å². The number of carbonyl (C=O) groups excluding carboxylic acids is 4. The van der Waals surface area contributed by atoms with E-state index in [9.17, 15) is 19.2 Å². The van der Waals surface area contributed by atoms with E-state index < -0.39 is 35.1 Å². The molecule has 5 N–H and O–H groups in total. The van der Waals surface area contributed by atoms with Gasteiger partial charge in [-0.2, -0.15) is 10.2 Å². The van der Waals surface area contributed by atoms with Crippen LogP contribution in [0.5, 0.6) is 0 Å². The highest BCUT2D eigenvalue weighted by Crippen LogP contribution is 2.28. The van der Waals surface area contributed by atoms with Crippen molar-refractivity contribution >= 4 is 171 Å². The molecule has 0 bridgehead atoms. The van der Waals surface area contributed by atoms with Crippen molar-refractivity contribution < 1.29 is 33.4 Å². The van der Waals surface area contributed by atoms with E-state index >= 15 is 0 Å². The van der Waals surface area contributed by atoms with Crippen molar-refractivity contribution in [2.24, 2.45) is 0 Å². The molecule has 0 radical (unpaired) electrons. The highest BCUT2D eigenvalue weighted by molar-refractivity contribution is 9.10. The number of carbonyl (C=O) groups is 4. The first-order valence-electron chi connectivity index (χ1n) is 35.5. The molecule has 0 saturated carbocycles. The van der Waals surface area contributed by atoms with Gasteiger partial charge >= 0.3 is 18.3 Å². The number of nitrogens with one attached hydrogen (secondary N) is 3. The summed E-state index contributed by atoms with van der Waals surface area (Å²) in [6.07, 6.45) is 10.6. The van der Waals surface area contributed by atoms with Crippen LogP contribution in [0.3, 0.4) is 0 Å². The van der Waals surface area contributed by atoms with Crippen LogP contribution in [0.15, 0.2) is 228 Å². The van der Waals surface area contributed by atoms with Crippen LogP contribution in [0, 0.1) is 0 Å². The Hall–Kier alpha value is -11.0. The van der Waals surface area contributed by atoms with Crippen LogP contribution in [0.4, 0.5) is 37.7 Å². The van der Waals surface area contributed by atoms with Crippen molar-refractivity contribution in [3.05, 3.63) is 299 Å². The number of rotatable bonds is 15. The Morgan fingerprint density at radius 1 is 0.409 bits per heavy atom. The number of halogens is 7. The average molecular weight is 1780 g/mol. The number of alkyl halides is 1. The number of nitrogen functional groups attached to an aromatic ring is 1. The first kappa shape index (κ1) is 87.9. The van der Waals surface area contributed by atoms with Gasteiger partial charge in [0.15, 0.2) is 0 Å². The van der Waals surface area contributed by atoms with Crippen LogP contribution >= 0.6 is 89.9 Å². The van der Waals surface area contributed by atoms with Gasteiger partial charge in [-0.15, -0.1) is 42.2 Å². The smallest absolute Gasteiger partial charge is 0.420 e. The number of pyridine rings is 3. The summed E-state index contributed by atoms with van der Waals surface area (Å²) in [6.45, 7) is 18.4. The van der Waals surface area contributed by atoms with E-state index in [0.29, 0.717) is 98.0 Å². The van der Waals surface area contributed by atoms with Crippen LogP contribution in [0.25, 0.3) is 33.1 Å². The van der Waals surface area contributed by atoms with Crippen LogP contribution in [0.2, 0.25) is 20.1 Å². The summed E-state index contributed by atoms with van der Waals surface area (Å²) in [5.41, 5.74) is 13.5. The Labute approximate surface area is 706 Å². The van der Waals surface area contributed by atoms with Gasteiger partial charge in [-0.25, -0.2) is 43.0 Å². The fourth-order valence-corrected chi connectivity index (χ4v) is 11.4. The molecule has 0 aliphatic heterocycles. The molecule has 594 valence electrons. The van der Waals surface area contributed by atoms with Crippen LogP contribution in [0.1, 0.15) is 117 Å². The highest BCUT2D eigenvalue weighted by atomic mass is 79.9. The Bertz CT molecular complexity index is 5240. The van der Waals surface area contributed by atoms with Gasteiger partial charge in [-0.3, -0.25) is 4.79 Å². The van der Waals surface area contributed by atoms with Crippen LogP contribution in [-0.2, 0) is 52.6 Å². The van der Waals surface area contributed by atoms with Crippen molar-refractivity contribution in [2.45, 2.75) is 117 Å². The lowest BCUT2D eigenvalue weighted by atomic mass is 10.1. The lowest BCUT2D eigenvalue weighted by Crippen LogP contribution is -2.26. The third-order valence-electron chi connectivity index (χ3n) is 15.5. The van der Waals surface area contributed by atoms with Gasteiger partial charge in [-0.1, -0.05) is 94.9 Å². The standard InChI is InChI=1S/2C24H24ClN5O2.C13H15ClN2O2.C11H9BrClN3.C7H5ClO.C4H4BrN3/c2*1-24(2,3)32-23(31)30-15-17(20-5-4-12-26-22(20)30)13-19-10-11-21(29-28-19)27-14-16-6-8-18(25)9-7-16;1-13(2,3)18-12(17)16-8-9(7-14)10-5-4-6-15-11(10)16;12-10-5-6-11(16-15-10)14-7-8-1-3-9(13)4-2-8;8-7-3-1-6(5-9)2-4-7;5-3-1-2-4(6)8-7-3/h2*4-12,15H,13-14H2,1-3H3,(H,27,29);4-6,8H,7H2,1-3H3;1-6H,7H2,(H,14,16);1-5H;1-2H,(H2,6,8). The molecule has 0 atom stereocenters. The van der Waals surface area contributed by atoms with Gasteiger partial charge in [-0.05, 0) is 261 Å². The minimum atomic E-state index is -0.594. The SMILES string of the molecule is CC(C)(C)OC(=O)n1cc(CCl)c2cccnc21.CC(C)(C)OC(=O)n1cc(Cc2ccc(NCc3ccc(Cl)cc3)nn2)c2cccnc21.CC(C)(C)OC(=O)n1cc(Cc2ccc(NCc3ccc(Cl)cc3)nn2)c2cccnc21.Clc1ccc(CNc2ccc(Br)nn2)cc1.Nc1ccc(Br)nn1.O=Cc1ccc(Cl)cc1. The maximum atomic E-state index is 12.6. The average Bonchev–Trinajstić information content (AvgIpc) is 1.38. The number of fused-ring (bicyclic) bond motifs is 3. The molecule has 14 rings (SSSR count). The molecule has 0 spiro atoms. The molecule has 0 saturated heterocycles. The summed E-state index contributed by atoms with van der Waals surface area (Å²) in [6, 6.07) is 55.7. The third-order valence-corrected chi connectivity index (χ3v) is 17.6. The molecule has 32 heteroatoms. The zero-order valence-electron chi connectivity index (χ0n) is 63.9. The van der Waals surface area contributed by atoms with Gasteiger partial charge in [0.05, 0.1) is 11.4 Å². The molecule has 0 fully saturated rings. The Balaban J connectivity index is 0.000000169. The molecule has 14 aromatic rings. The van der Waals surface area contributed by atoms with E-state index in [4.69, 9.17) is 77.9 Å². The van der Waals surface area contributed by atoms with Crippen molar-refractivity contribution in [3.63, 3.8) is 0 Å². The maximum Gasteiger partial charge on any atom is 0.420 e. The second-order valence-electron chi connectivity index (χ2n) is 28.1. The summed E-state index contributed by atoms with van der Waals surface area (Å²) < 4.78 is 22.1. The van der Waals surface area contributed by atoms with Crippen molar-refractivity contribution in [1.29, 1.82) is 0 Å². The first-order valence-corrected chi connectivity index (χ1v) is 39.1. The minimum absolute atomic E-state index is 0.331. The molecule has 0 aliphatic rings. The van der Waals surface area contributed by atoms with E-state index in [0.717, 1.165) is 82.7 Å². The molecular weight excluding hydrogens is 1700 g/mol. The predicted molar refractivity (Wildman–Crippen MR) is 460 cm³/mol. The van der Waals surface area contributed by atoms with Crippen molar-refractivity contribution in [1.82, 2.24) is 69.4 Å².